The first-order chi connectivity index (χ1) is 8.25. The molecule has 0 radical (unpaired) electrons. The Bertz CT molecular complexity index is 546. The van der Waals surface area contributed by atoms with E-state index in [2.05, 4.69) is 9.55 Å². The van der Waals surface area contributed by atoms with E-state index >= 15 is 0 Å². The molecule has 17 heavy (non-hydrogen) atoms. The minimum atomic E-state index is -0.263. The van der Waals surface area contributed by atoms with Crippen molar-refractivity contribution in [3.05, 3.63) is 24.0 Å². The molecule has 0 saturated carbocycles. The van der Waals surface area contributed by atoms with Crippen LogP contribution in [0.25, 0.3) is 11.0 Å². The number of rotatable bonds is 1. The highest BCUT2D eigenvalue weighted by Gasteiger charge is 2.20. The maximum atomic E-state index is 13.1. The first kappa shape index (κ1) is 10.9. The molecule has 5 heteroatoms. The Kier molecular flexibility index (Phi) is 2.70. The molecule has 1 aromatic heterocycles. The van der Waals surface area contributed by atoms with Crippen LogP contribution in [0.4, 0.5) is 10.3 Å². The van der Waals surface area contributed by atoms with Gasteiger partial charge >= 0.3 is 0 Å². The fourth-order valence-corrected chi connectivity index (χ4v) is 3.50. The number of aromatic nitrogens is 2. The molecule has 1 aromatic carbocycles. The van der Waals surface area contributed by atoms with Crippen molar-refractivity contribution >= 4 is 28.7 Å². The molecule has 90 valence electrons. The molecule has 0 bridgehead atoms. The van der Waals surface area contributed by atoms with E-state index in [4.69, 9.17) is 5.73 Å². The largest absolute Gasteiger partial charge is 0.369 e. The quantitative estimate of drug-likeness (QED) is 0.847. The summed E-state index contributed by atoms with van der Waals surface area (Å²) in [6.07, 6.45) is 2.22. The zero-order chi connectivity index (χ0) is 11.8. The third-order valence-electron chi connectivity index (χ3n) is 3.23. The summed E-state index contributed by atoms with van der Waals surface area (Å²) in [4.78, 5) is 4.24. The van der Waals surface area contributed by atoms with Crippen molar-refractivity contribution in [3.8, 4) is 0 Å². The SMILES string of the molecule is Nc1nc2cc(F)ccc2n1C1CCSCC1. The predicted octanol–water partition coefficient (Wildman–Crippen LogP) is 2.83. The van der Waals surface area contributed by atoms with Crippen LogP contribution in [0.2, 0.25) is 0 Å². The molecule has 2 heterocycles. The van der Waals surface area contributed by atoms with E-state index < -0.39 is 0 Å². The molecule has 1 aliphatic heterocycles. The number of hydrogen-bond donors (Lipinski definition) is 1. The third-order valence-corrected chi connectivity index (χ3v) is 4.28. The number of nitrogen functional groups attached to an aromatic ring is 1. The molecule has 2 aromatic rings. The molecule has 0 amide bonds. The Hall–Kier alpha value is -1.23. The van der Waals surface area contributed by atoms with E-state index in [0.29, 0.717) is 17.5 Å². The van der Waals surface area contributed by atoms with E-state index in [-0.39, 0.29) is 5.82 Å². The fourth-order valence-electron chi connectivity index (χ4n) is 2.42. The minimum Gasteiger partial charge on any atom is -0.369 e. The van der Waals surface area contributed by atoms with Crippen LogP contribution in [0.3, 0.4) is 0 Å². The van der Waals surface area contributed by atoms with Crippen LogP contribution in [0.15, 0.2) is 18.2 Å². The number of imidazole rings is 1. The van der Waals surface area contributed by atoms with Gasteiger partial charge in [-0.05, 0) is 36.5 Å². The number of halogens is 1. The highest BCUT2D eigenvalue weighted by atomic mass is 32.2. The van der Waals surface area contributed by atoms with Gasteiger partial charge in [0.15, 0.2) is 0 Å². The van der Waals surface area contributed by atoms with E-state index in [0.717, 1.165) is 29.9 Å². The molecule has 0 atom stereocenters. The van der Waals surface area contributed by atoms with Crippen LogP contribution in [-0.4, -0.2) is 21.1 Å². The standard InChI is InChI=1S/C12H14FN3S/c13-8-1-2-11-10(7-8)15-12(14)16(11)9-3-5-17-6-4-9/h1-2,7,9H,3-6H2,(H2,14,15). The smallest absolute Gasteiger partial charge is 0.201 e. The van der Waals surface area contributed by atoms with Gasteiger partial charge in [0.25, 0.3) is 0 Å². The molecule has 1 aliphatic rings. The number of anilines is 1. The van der Waals surface area contributed by atoms with Gasteiger partial charge < -0.3 is 10.3 Å². The summed E-state index contributed by atoms with van der Waals surface area (Å²) < 4.78 is 15.2. The number of nitrogens with two attached hydrogens (primary N) is 1. The maximum absolute atomic E-state index is 13.1. The summed E-state index contributed by atoms with van der Waals surface area (Å²) in [5, 5.41) is 0. The monoisotopic (exact) mass is 251 g/mol. The van der Waals surface area contributed by atoms with Gasteiger partial charge in [0.05, 0.1) is 11.0 Å². The number of thioether (sulfide) groups is 1. The third kappa shape index (κ3) is 1.88. The second-order valence-corrected chi connectivity index (χ2v) is 5.54. The maximum Gasteiger partial charge on any atom is 0.201 e. The van der Waals surface area contributed by atoms with Gasteiger partial charge in [-0.3, -0.25) is 0 Å². The summed E-state index contributed by atoms with van der Waals surface area (Å²) >= 11 is 1.98. The highest BCUT2D eigenvalue weighted by molar-refractivity contribution is 7.99. The Morgan fingerprint density at radius 3 is 2.88 bits per heavy atom. The van der Waals surface area contributed by atoms with E-state index in [1.165, 1.54) is 12.1 Å². The first-order valence-corrected chi connectivity index (χ1v) is 6.92. The fraction of sp³-hybridized carbons (Fsp3) is 0.417. The number of benzene rings is 1. The molecule has 1 fully saturated rings. The van der Waals surface area contributed by atoms with Crippen molar-refractivity contribution in [3.63, 3.8) is 0 Å². The number of nitrogens with zero attached hydrogens (tertiary/aromatic N) is 2. The summed E-state index contributed by atoms with van der Waals surface area (Å²) in [6, 6.07) is 5.10. The molecule has 0 spiro atoms. The van der Waals surface area contributed by atoms with Gasteiger partial charge in [-0.15, -0.1) is 0 Å². The van der Waals surface area contributed by atoms with E-state index in [9.17, 15) is 4.39 Å². The van der Waals surface area contributed by atoms with Gasteiger partial charge in [0, 0.05) is 12.1 Å². The lowest BCUT2D eigenvalue weighted by molar-refractivity contribution is 0.486. The molecule has 0 unspecified atom stereocenters. The summed E-state index contributed by atoms with van der Waals surface area (Å²) in [7, 11) is 0. The van der Waals surface area contributed by atoms with Gasteiger partial charge in [0.2, 0.25) is 5.95 Å². The normalized spacial score (nSPS) is 17.7. The molecule has 3 nitrogen and oxygen atoms in total. The molecular formula is C12H14FN3S. The second kappa shape index (κ2) is 4.22. The van der Waals surface area contributed by atoms with E-state index in [1.54, 1.807) is 6.07 Å². The van der Waals surface area contributed by atoms with Crippen molar-refractivity contribution in [2.45, 2.75) is 18.9 Å². The highest BCUT2D eigenvalue weighted by Crippen LogP contribution is 2.32. The van der Waals surface area contributed by atoms with Gasteiger partial charge in [-0.2, -0.15) is 11.8 Å². The number of hydrogen-bond acceptors (Lipinski definition) is 3. The number of fused-ring (bicyclic) bond motifs is 1. The lowest BCUT2D eigenvalue weighted by Crippen LogP contribution is -2.17. The topological polar surface area (TPSA) is 43.8 Å². The molecule has 0 aliphatic carbocycles. The van der Waals surface area contributed by atoms with Crippen LogP contribution in [-0.2, 0) is 0 Å². The predicted molar refractivity (Wildman–Crippen MR) is 69.7 cm³/mol. The van der Waals surface area contributed by atoms with E-state index in [1.807, 2.05) is 11.8 Å². The molecule has 2 N–H and O–H groups in total. The lowest BCUT2D eigenvalue weighted by Gasteiger charge is -2.24. The van der Waals surface area contributed by atoms with Crippen LogP contribution in [0, 0.1) is 5.82 Å². The Labute approximate surface area is 103 Å². The average molecular weight is 251 g/mol. The minimum absolute atomic E-state index is 0.263. The average Bonchev–Trinajstić information content (AvgIpc) is 2.65. The van der Waals surface area contributed by atoms with Crippen molar-refractivity contribution in [2.24, 2.45) is 0 Å². The van der Waals surface area contributed by atoms with Crippen LogP contribution < -0.4 is 5.73 Å². The van der Waals surface area contributed by atoms with Crippen molar-refractivity contribution in [2.75, 3.05) is 17.2 Å². The zero-order valence-corrected chi connectivity index (χ0v) is 10.2. The van der Waals surface area contributed by atoms with Crippen molar-refractivity contribution in [1.29, 1.82) is 0 Å². The molecule has 3 rings (SSSR count). The van der Waals surface area contributed by atoms with Crippen molar-refractivity contribution < 1.29 is 4.39 Å². The molecule has 1 saturated heterocycles. The van der Waals surface area contributed by atoms with Crippen LogP contribution in [0.1, 0.15) is 18.9 Å². The van der Waals surface area contributed by atoms with Gasteiger partial charge in [0.1, 0.15) is 5.82 Å². The Balaban J connectivity index is 2.11. The van der Waals surface area contributed by atoms with Crippen LogP contribution in [0.5, 0.6) is 0 Å². The van der Waals surface area contributed by atoms with Gasteiger partial charge in [-0.1, -0.05) is 0 Å². The molecular weight excluding hydrogens is 237 g/mol. The second-order valence-electron chi connectivity index (χ2n) is 4.32. The first-order valence-electron chi connectivity index (χ1n) is 5.76. The van der Waals surface area contributed by atoms with Crippen LogP contribution >= 0.6 is 11.8 Å². The summed E-state index contributed by atoms with van der Waals surface area (Å²) in [5.41, 5.74) is 7.56. The lowest BCUT2D eigenvalue weighted by atomic mass is 10.1. The van der Waals surface area contributed by atoms with Gasteiger partial charge in [-0.25, -0.2) is 9.37 Å². The summed E-state index contributed by atoms with van der Waals surface area (Å²) in [5.74, 6) is 2.56. The Morgan fingerprint density at radius 2 is 2.12 bits per heavy atom. The Morgan fingerprint density at radius 1 is 1.35 bits per heavy atom. The summed E-state index contributed by atoms with van der Waals surface area (Å²) in [6.45, 7) is 0. The van der Waals surface area contributed by atoms with Crippen molar-refractivity contribution in [1.82, 2.24) is 9.55 Å². The zero-order valence-electron chi connectivity index (χ0n) is 9.40.